The van der Waals surface area contributed by atoms with E-state index in [1.807, 2.05) is 11.8 Å². The number of hydrogen-bond acceptors (Lipinski definition) is 6. The summed E-state index contributed by atoms with van der Waals surface area (Å²) in [6.07, 6.45) is -2.91. The molecule has 1 heterocycles. The summed E-state index contributed by atoms with van der Waals surface area (Å²) in [5.74, 6) is -0.322. The van der Waals surface area contributed by atoms with E-state index in [4.69, 9.17) is 4.74 Å². The number of nitrogens with zero attached hydrogens (tertiary/aromatic N) is 3. The number of anilines is 1. The molecular formula is C17H22F3N3O4. The van der Waals surface area contributed by atoms with Crippen LogP contribution in [0.15, 0.2) is 18.2 Å². The average Bonchev–Trinajstić information content (AvgIpc) is 2.61. The monoisotopic (exact) mass is 389 g/mol. The highest BCUT2D eigenvalue weighted by Gasteiger charge is 2.34. The zero-order valence-corrected chi connectivity index (χ0v) is 15.0. The lowest BCUT2D eigenvalue weighted by Gasteiger charge is -2.35. The third kappa shape index (κ3) is 5.81. The maximum Gasteiger partial charge on any atom is 0.416 e. The number of nitro groups is 1. The summed E-state index contributed by atoms with van der Waals surface area (Å²) in [6, 6.07) is 2.54. The Kier molecular flexibility index (Phi) is 7.00. The fourth-order valence-electron chi connectivity index (χ4n) is 2.82. The van der Waals surface area contributed by atoms with Gasteiger partial charge >= 0.3 is 12.1 Å². The maximum absolute atomic E-state index is 12.8. The highest BCUT2D eigenvalue weighted by atomic mass is 19.4. The molecule has 1 aromatic carbocycles. The number of rotatable bonds is 7. The van der Waals surface area contributed by atoms with E-state index in [1.165, 1.54) is 0 Å². The second-order valence-corrected chi connectivity index (χ2v) is 6.30. The van der Waals surface area contributed by atoms with E-state index < -0.39 is 22.4 Å². The fourth-order valence-corrected chi connectivity index (χ4v) is 2.82. The lowest BCUT2D eigenvalue weighted by Crippen LogP contribution is -2.48. The van der Waals surface area contributed by atoms with Crippen LogP contribution in [-0.4, -0.2) is 55.1 Å². The lowest BCUT2D eigenvalue weighted by atomic mass is 10.1. The van der Waals surface area contributed by atoms with E-state index in [2.05, 4.69) is 0 Å². The fraction of sp³-hybridized carbons (Fsp3) is 0.588. The Morgan fingerprint density at radius 2 is 1.93 bits per heavy atom. The molecule has 0 unspecified atom stereocenters. The van der Waals surface area contributed by atoms with Gasteiger partial charge in [-0.15, -0.1) is 0 Å². The summed E-state index contributed by atoms with van der Waals surface area (Å²) in [6.45, 7) is 4.16. The topological polar surface area (TPSA) is 75.9 Å². The highest BCUT2D eigenvalue weighted by Crippen LogP contribution is 2.36. The molecule has 1 aliphatic heterocycles. The zero-order valence-electron chi connectivity index (χ0n) is 15.0. The molecule has 0 aromatic heterocycles. The van der Waals surface area contributed by atoms with Gasteiger partial charge in [-0.25, -0.2) is 0 Å². The van der Waals surface area contributed by atoms with Crippen LogP contribution < -0.4 is 4.90 Å². The third-order valence-electron chi connectivity index (χ3n) is 4.33. The highest BCUT2D eigenvalue weighted by molar-refractivity contribution is 5.71. The number of benzene rings is 1. The molecule has 0 atom stereocenters. The van der Waals surface area contributed by atoms with Crippen LogP contribution >= 0.6 is 0 Å². The Balaban J connectivity index is 1.99. The smallest absolute Gasteiger partial charge is 0.416 e. The van der Waals surface area contributed by atoms with Crippen LogP contribution in [0.1, 0.15) is 25.3 Å². The minimum atomic E-state index is -4.64. The average molecular weight is 389 g/mol. The van der Waals surface area contributed by atoms with E-state index in [-0.39, 0.29) is 18.2 Å². The van der Waals surface area contributed by atoms with Crippen molar-refractivity contribution in [2.45, 2.75) is 25.9 Å². The van der Waals surface area contributed by atoms with Gasteiger partial charge in [0.25, 0.3) is 5.69 Å². The molecule has 1 saturated heterocycles. The summed E-state index contributed by atoms with van der Waals surface area (Å²) < 4.78 is 43.5. The molecule has 1 aromatic rings. The van der Waals surface area contributed by atoms with Crippen LogP contribution in [0.4, 0.5) is 24.5 Å². The Hall–Kier alpha value is -2.36. The Morgan fingerprint density at radius 3 is 2.48 bits per heavy atom. The molecule has 1 fully saturated rings. The maximum atomic E-state index is 12.8. The van der Waals surface area contributed by atoms with Crippen LogP contribution in [0, 0.1) is 10.1 Å². The molecule has 2 rings (SSSR count). The first-order chi connectivity index (χ1) is 12.7. The number of ether oxygens (including phenoxy) is 1. The number of hydrogen-bond donors (Lipinski definition) is 0. The first-order valence-electron chi connectivity index (χ1n) is 8.71. The second-order valence-electron chi connectivity index (χ2n) is 6.30. The normalized spacial score (nSPS) is 15.6. The van der Waals surface area contributed by atoms with Crippen molar-refractivity contribution < 1.29 is 27.6 Å². The lowest BCUT2D eigenvalue weighted by molar-refractivity contribution is -0.384. The van der Waals surface area contributed by atoms with E-state index >= 15 is 0 Å². The summed E-state index contributed by atoms with van der Waals surface area (Å²) in [5.41, 5.74) is -1.47. The minimum absolute atomic E-state index is 0.132. The minimum Gasteiger partial charge on any atom is -0.465 e. The van der Waals surface area contributed by atoms with Crippen molar-refractivity contribution in [3.63, 3.8) is 0 Å². The van der Waals surface area contributed by atoms with Gasteiger partial charge in [-0.3, -0.25) is 19.8 Å². The van der Waals surface area contributed by atoms with Crippen molar-refractivity contribution in [1.29, 1.82) is 0 Å². The predicted molar refractivity (Wildman–Crippen MR) is 92.6 cm³/mol. The Labute approximate surface area is 154 Å². The molecule has 150 valence electrons. The first kappa shape index (κ1) is 20.9. The van der Waals surface area contributed by atoms with Crippen molar-refractivity contribution in [1.82, 2.24) is 4.90 Å². The van der Waals surface area contributed by atoms with Gasteiger partial charge in [-0.2, -0.15) is 13.2 Å². The second kappa shape index (κ2) is 9.03. The number of carbonyl (C=O) groups excluding carboxylic acids is 1. The largest absolute Gasteiger partial charge is 0.465 e. The summed E-state index contributed by atoms with van der Waals surface area (Å²) >= 11 is 0. The molecule has 0 aliphatic carbocycles. The Morgan fingerprint density at radius 1 is 1.26 bits per heavy atom. The predicted octanol–water partition coefficient (Wildman–Crippen LogP) is 3.08. The first-order valence-corrected chi connectivity index (χ1v) is 8.71. The molecule has 0 radical (unpaired) electrons. The van der Waals surface area contributed by atoms with Crippen molar-refractivity contribution >= 4 is 17.3 Å². The van der Waals surface area contributed by atoms with Gasteiger partial charge < -0.3 is 9.64 Å². The van der Waals surface area contributed by atoms with Gasteiger partial charge in [0, 0.05) is 32.2 Å². The van der Waals surface area contributed by atoms with Crippen molar-refractivity contribution in [3.8, 4) is 0 Å². The molecule has 7 nitrogen and oxygen atoms in total. The van der Waals surface area contributed by atoms with Crippen molar-refractivity contribution in [3.05, 3.63) is 33.9 Å². The summed E-state index contributed by atoms with van der Waals surface area (Å²) in [7, 11) is 0. The van der Waals surface area contributed by atoms with Crippen LogP contribution in [0.5, 0.6) is 0 Å². The van der Waals surface area contributed by atoms with Gasteiger partial charge in [0.15, 0.2) is 0 Å². The van der Waals surface area contributed by atoms with E-state index in [0.717, 1.165) is 25.0 Å². The number of nitro benzene ring substituents is 1. The number of halogens is 3. The Bertz CT molecular complexity index is 674. The van der Waals surface area contributed by atoms with Crippen molar-refractivity contribution in [2.75, 3.05) is 44.2 Å². The molecule has 0 amide bonds. The molecule has 0 N–H and O–H groups in total. The zero-order chi connectivity index (χ0) is 20.0. The summed E-state index contributed by atoms with van der Waals surface area (Å²) in [5, 5.41) is 11.2. The molecule has 27 heavy (non-hydrogen) atoms. The number of esters is 1. The van der Waals surface area contributed by atoms with Gasteiger partial charge in [-0.1, -0.05) is 13.3 Å². The molecule has 1 aliphatic rings. The van der Waals surface area contributed by atoms with Gasteiger partial charge in [-0.05, 0) is 18.6 Å². The van der Waals surface area contributed by atoms with Gasteiger partial charge in [0.2, 0.25) is 0 Å². The molecule has 10 heteroatoms. The van der Waals surface area contributed by atoms with E-state index in [1.54, 1.807) is 4.90 Å². The van der Waals surface area contributed by atoms with E-state index in [9.17, 15) is 28.1 Å². The van der Waals surface area contributed by atoms with Crippen LogP contribution in [-0.2, 0) is 15.7 Å². The van der Waals surface area contributed by atoms with Gasteiger partial charge in [0.05, 0.1) is 23.6 Å². The number of piperazine rings is 1. The van der Waals surface area contributed by atoms with Crippen LogP contribution in [0.2, 0.25) is 0 Å². The molecular weight excluding hydrogens is 367 g/mol. The molecule has 0 bridgehead atoms. The summed E-state index contributed by atoms with van der Waals surface area (Å²) in [4.78, 5) is 25.7. The standard InChI is InChI=1S/C17H22F3N3O4/c1-2-3-10-27-16(24)12-21-6-8-22(9-7-21)14-5-4-13(17(18,19)20)11-15(14)23(25)26/h4-5,11H,2-3,6-10,12H2,1H3. The van der Waals surface area contributed by atoms with Crippen LogP contribution in [0.3, 0.4) is 0 Å². The van der Waals surface area contributed by atoms with Crippen LogP contribution in [0.25, 0.3) is 0 Å². The third-order valence-corrected chi connectivity index (χ3v) is 4.33. The van der Waals surface area contributed by atoms with E-state index in [0.29, 0.717) is 38.9 Å². The molecule has 0 spiro atoms. The van der Waals surface area contributed by atoms with Crippen molar-refractivity contribution in [2.24, 2.45) is 0 Å². The SMILES string of the molecule is CCCCOC(=O)CN1CCN(c2ccc(C(F)(F)F)cc2[N+](=O)[O-])CC1. The quantitative estimate of drug-likeness (QED) is 0.309. The number of carbonyl (C=O) groups is 1. The molecule has 0 saturated carbocycles. The van der Waals surface area contributed by atoms with Gasteiger partial charge in [0.1, 0.15) is 5.69 Å². The number of alkyl halides is 3. The number of unbranched alkanes of at least 4 members (excludes halogenated alkanes) is 1.